The van der Waals surface area contributed by atoms with Crippen LogP contribution in [0.3, 0.4) is 0 Å². The van der Waals surface area contributed by atoms with Gasteiger partial charge in [-0.05, 0) is 60.7 Å². The van der Waals surface area contributed by atoms with Gasteiger partial charge in [0.1, 0.15) is 11.9 Å². The van der Waals surface area contributed by atoms with Crippen LogP contribution in [0.5, 0.6) is 5.75 Å². The van der Waals surface area contributed by atoms with Gasteiger partial charge in [0.15, 0.2) is 0 Å². The van der Waals surface area contributed by atoms with Gasteiger partial charge in [-0.3, -0.25) is 0 Å². The standard InChI is InChI=1S/C22H22O4/c1-13(2)21(23)25-17-7-9-19-15(11-17)5-6-16-12-18(8-10-20(16)19)26-22(24)14(3)4/h5-7,9,11,18H,1,3,8,10,12H2,2,4H3. The molecule has 1 unspecified atom stereocenters. The van der Waals surface area contributed by atoms with Crippen molar-refractivity contribution >= 4 is 22.7 Å². The lowest BCUT2D eigenvalue weighted by Crippen LogP contribution is -2.25. The summed E-state index contributed by atoms with van der Waals surface area (Å²) >= 11 is 0. The van der Waals surface area contributed by atoms with Crippen molar-refractivity contribution in [2.45, 2.75) is 39.2 Å². The van der Waals surface area contributed by atoms with Crippen LogP contribution in [0.4, 0.5) is 0 Å². The number of esters is 2. The van der Waals surface area contributed by atoms with Gasteiger partial charge >= 0.3 is 11.9 Å². The highest BCUT2D eigenvalue weighted by atomic mass is 16.5. The SMILES string of the molecule is C=C(C)C(=O)Oc1ccc2c3c(ccc2c1)CC(OC(=O)C(=C)C)CC3. The van der Waals surface area contributed by atoms with Gasteiger partial charge in [0, 0.05) is 17.6 Å². The number of hydrogen-bond acceptors (Lipinski definition) is 4. The van der Waals surface area contributed by atoms with Crippen LogP contribution in [0, 0.1) is 0 Å². The molecular formula is C22H22O4. The number of carbonyl (C=O) groups excluding carboxylic acids is 2. The van der Waals surface area contributed by atoms with Crippen molar-refractivity contribution in [1.82, 2.24) is 0 Å². The van der Waals surface area contributed by atoms with Crippen molar-refractivity contribution in [2.24, 2.45) is 0 Å². The summed E-state index contributed by atoms with van der Waals surface area (Å²) in [5.41, 5.74) is 3.25. The topological polar surface area (TPSA) is 52.6 Å². The predicted molar refractivity (Wildman–Crippen MR) is 101 cm³/mol. The summed E-state index contributed by atoms with van der Waals surface area (Å²) in [7, 11) is 0. The molecular weight excluding hydrogens is 328 g/mol. The number of aryl methyl sites for hydroxylation is 1. The molecule has 26 heavy (non-hydrogen) atoms. The fraction of sp³-hybridized carbons (Fsp3) is 0.273. The Morgan fingerprint density at radius 2 is 1.77 bits per heavy atom. The number of hydrogen-bond donors (Lipinski definition) is 0. The zero-order valence-corrected chi connectivity index (χ0v) is 15.1. The van der Waals surface area contributed by atoms with E-state index in [1.165, 1.54) is 11.1 Å². The molecule has 0 bridgehead atoms. The van der Waals surface area contributed by atoms with Gasteiger partial charge in [-0.2, -0.15) is 0 Å². The molecule has 1 aliphatic carbocycles. The van der Waals surface area contributed by atoms with Crippen LogP contribution >= 0.6 is 0 Å². The predicted octanol–water partition coefficient (Wildman–Crippen LogP) is 4.30. The fourth-order valence-corrected chi connectivity index (χ4v) is 3.17. The third-order valence-corrected chi connectivity index (χ3v) is 4.54. The van der Waals surface area contributed by atoms with Crippen LogP contribution in [0.25, 0.3) is 10.8 Å². The molecule has 0 aromatic heterocycles. The lowest BCUT2D eigenvalue weighted by atomic mass is 9.86. The van der Waals surface area contributed by atoms with Crippen LogP contribution in [-0.4, -0.2) is 18.0 Å². The van der Waals surface area contributed by atoms with E-state index in [0.717, 1.165) is 23.6 Å². The Morgan fingerprint density at radius 1 is 1.04 bits per heavy atom. The molecule has 2 aromatic rings. The largest absolute Gasteiger partial charge is 0.459 e. The van der Waals surface area contributed by atoms with Crippen LogP contribution in [0.2, 0.25) is 0 Å². The first kappa shape index (κ1) is 17.9. The van der Waals surface area contributed by atoms with Crippen molar-refractivity contribution in [2.75, 3.05) is 0 Å². The minimum absolute atomic E-state index is 0.111. The van der Waals surface area contributed by atoms with Gasteiger partial charge in [0.2, 0.25) is 0 Å². The number of rotatable bonds is 4. The van der Waals surface area contributed by atoms with Crippen molar-refractivity contribution < 1.29 is 19.1 Å². The summed E-state index contributed by atoms with van der Waals surface area (Å²) in [6.45, 7) is 10.5. The van der Waals surface area contributed by atoms with E-state index < -0.39 is 5.97 Å². The molecule has 1 atom stereocenters. The van der Waals surface area contributed by atoms with Crippen LogP contribution in [-0.2, 0) is 27.2 Å². The number of carbonyl (C=O) groups is 2. The maximum Gasteiger partial charge on any atom is 0.338 e. The Morgan fingerprint density at radius 3 is 2.46 bits per heavy atom. The van der Waals surface area contributed by atoms with Crippen molar-refractivity contribution in [3.05, 3.63) is 65.8 Å². The molecule has 4 nitrogen and oxygen atoms in total. The highest BCUT2D eigenvalue weighted by Gasteiger charge is 2.23. The first-order valence-electron chi connectivity index (χ1n) is 8.64. The van der Waals surface area contributed by atoms with E-state index >= 15 is 0 Å². The first-order valence-corrected chi connectivity index (χ1v) is 8.64. The minimum Gasteiger partial charge on any atom is -0.459 e. The molecule has 0 N–H and O–H groups in total. The van der Waals surface area contributed by atoms with Gasteiger partial charge in [0.25, 0.3) is 0 Å². The van der Waals surface area contributed by atoms with E-state index in [-0.39, 0.29) is 12.1 Å². The monoisotopic (exact) mass is 350 g/mol. The molecule has 0 aliphatic heterocycles. The van der Waals surface area contributed by atoms with Crippen LogP contribution in [0.15, 0.2) is 54.6 Å². The summed E-state index contributed by atoms with van der Waals surface area (Å²) in [5, 5.41) is 2.16. The fourth-order valence-electron chi connectivity index (χ4n) is 3.17. The third-order valence-electron chi connectivity index (χ3n) is 4.54. The lowest BCUT2D eigenvalue weighted by Gasteiger charge is -2.26. The molecule has 2 aromatic carbocycles. The molecule has 4 heteroatoms. The second-order valence-corrected chi connectivity index (χ2v) is 6.81. The number of benzene rings is 2. The maximum atomic E-state index is 11.7. The lowest BCUT2D eigenvalue weighted by molar-refractivity contribution is -0.144. The van der Waals surface area contributed by atoms with Crippen molar-refractivity contribution in [1.29, 1.82) is 0 Å². The zero-order valence-electron chi connectivity index (χ0n) is 15.1. The van der Waals surface area contributed by atoms with Gasteiger partial charge in [-0.1, -0.05) is 31.4 Å². The highest BCUT2D eigenvalue weighted by Crippen LogP contribution is 2.32. The molecule has 0 saturated heterocycles. The van der Waals surface area contributed by atoms with Crippen LogP contribution in [0.1, 0.15) is 31.4 Å². The van der Waals surface area contributed by atoms with E-state index in [2.05, 4.69) is 19.2 Å². The van der Waals surface area contributed by atoms with E-state index in [9.17, 15) is 9.59 Å². The van der Waals surface area contributed by atoms with Crippen molar-refractivity contribution in [3.63, 3.8) is 0 Å². The average molecular weight is 350 g/mol. The summed E-state index contributed by atoms with van der Waals surface area (Å²) in [5.74, 6) is -0.248. The highest BCUT2D eigenvalue weighted by molar-refractivity contribution is 5.91. The zero-order chi connectivity index (χ0) is 18.8. The first-order chi connectivity index (χ1) is 12.3. The van der Waals surface area contributed by atoms with Crippen LogP contribution < -0.4 is 4.74 Å². The smallest absolute Gasteiger partial charge is 0.338 e. The molecule has 0 radical (unpaired) electrons. The number of fused-ring (bicyclic) bond motifs is 3. The second kappa shape index (κ2) is 7.16. The molecule has 0 fully saturated rings. The van der Waals surface area contributed by atoms with E-state index in [4.69, 9.17) is 9.47 Å². The maximum absolute atomic E-state index is 11.7. The van der Waals surface area contributed by atoms with Gasteiger partial charge in [0.05, 0.1) is 0 Å². The Kier molecular flexibility index (Phi) is 4.94. The van der Waals surface area contributed by atoms with Gasteiger partial charge in [-0.15, -0.1) is 0 Å². The Hall–Kier alpha value is -2.88. The van der Waals surface area contributed by atoms with E-state index in [0.29, 0.717) is 23.3 Å². The molecule has 0 heterocycles. The van der Waals surface area contributed by atoms with E-state index in [1.807, 2.05) is 18.2 Å². The summed E-state index contributed by atoms with van der Waals surface area (Å²) < 4.78 is 10.8. The summed E-state index contributed by atoms with van der Waals surface area (Å²) in [6.07, 6.45) is 2.22. The molecule has 0 saturated carbocycles. The second-order valence-electron chi connectivity index (χ2n) is 6.81. The Balaban J connectivity index is 1.83. The Labute approximate surface area is 153 Å². The number of ether oxygens (including phenoxy) is 2. The average Bonchev–Trinajstić information content (AvgIpc) is 2.61. The molecule has 1 aliphatic rings. The third kappa shape index (κ3) is 3.69. The van der Waals surface area contributed by atoms with E-state index in [1.54, 1.807) is 19.9 Å². The van der Waals surface area contributed by atoms with Crippen molar-refractivity contribution in [3.8, 4) is 5.75 Å². The minimum atomic E-state index is -0.426. The quantitative estimate of drug-likeness (QED) is 0.469. The molecule has 0 amide bonds. The molecule has 0 spiro atoms. The van der Waals surface area contributed by atoms with Gasteiger partial charge < -0.3 is 9.47 Å². The normalized spacial score (nSPS) is 15.8. The molecule has 134 valence electrons. The summed E-state index contributed by atoms with van der Waals surface area (Å²) in [4.78, 5) is 23.4. The van der Waals surface area contributed by atoms with Gasteiger partial charge in [-0.25, -0.2) is 9.59 Å². The molecule has 3 rings (SSSR count). The Bertz CT molecular complexity index is 923. The summed E-state index contributed by atoms with van der Waals surface area (Å²) in [6, 6.07) is 9.72.